The lowest BCUT2D eigenvalue weighted by molar-refractivity contribution is 0.0326. The second kappa shape index (κ2) is 8.58. The summed E-state index contributed by atoms with van der Waals surface area (Å²) in [5.41, 5.74) is 2.72. The Bertz CT molecular complexity index is 927. The Kier molecular flexibility index (Phi) is 5.73. The first kappa shape index (κ1) is 18.7. The number of hydrogen-bond donors (Lipinski definition) is 1. The Labute approximate surface area is 164 Å². The third-order valence-corrected chi connectivity index (χ3v) is 5.03. The predicted octanol–water partition coefficient (Wildman–Crippen LogP) is 3.51. The fourth-order valence-electron chi connectivity index (χ4n) is 3.50. The van der Waals surface area contributed by atoms with E-state index in [9.17, 15) is 4.79 Å². The largest absolute Gasteiger partial charge is 0.459 e. The van der Waals surface area contributed by atoms with Crippen LogP contribution in [0.2, 0.25) is 0 Å². The van der Waals surface area contributed by atoms with Gasteiger partial charge >= 0.3 is 0 Å². The quantitative estimate of drug-likeness (QED) is 0.677. The average molecular weight is 382 g/mol. The second-order valence-corrected chi connectivity index (χ2v) is 7.06. The molecule has 1 aliphatic heterocycles. The number of nitrogens with one attached hydrogen (secondary N) is 1. The summed E-state index contributed by atoms with van der Waals surface area (Å²) in [5, 5.41) is 2.88. The summed E-state index contributed by atoms with van der Waals surface area (Å²) in [5.74, 6) is 1.10. The van der Waals surface area contributed by atoms with Crippen LogP contribution in [0.25, 0.3) is 11.0 Å². The minimum atomic E-state index is -0.261. The van der Waals surface area contributed by atoms with Gasteiger partial charge in [-0.1, -0.05) is 13.3 Å². The van der Waals surface area contributed by atoms with Gasteiger partial charge in [-0.05, 0) is 36.8 Å². The third kappa shape index (κ3) is 4.10. The molecule has 1 amide bonds. The molecular formula is C21H26N4O3. The number of carbonyl (C=O) groups is 1. The van der Waals surface area contributed by atoms with Crippen LogP contribution in [-0.2, 0) is 17.8 Å². The number of amides is 1. The summed E-state index contributed by atoms with van der Waals surface area (Å²) >= 11 is 0. The smallest absolute Gasteiger partial charge is 0.291 e. The lowest BCUT2D eigenvalue weighted by Gasteiger charge is -2.26. The minimum absolute atomic E-state index is 0.261. The molecule has 0 bridgehead atoms. The highest BCUT2D eigenvalue weighted by molar-refractivity contribution is 6.03. The number of benzene rings is 1. The van der Waals surface area contributed by atoms with Crippen molar-refractivity contribution in [1.29, 1.82) is 0 Å². The molecule has 0 spiro atoms. The molecule has 1 fully saturated rings. The summed E-state index contributed by atoms with van der Waals surface area (Å²) in [6.07, 6.45) is 3.73. The number of imidazole rings is 1. The fraction of sp³-hybridized carbons (Fsp3) is 0.429. The van der Waals surface area contributed by atoms with Crippen molar-refractivity contribution in [1.82, 2.24) is 14.5 Å². The van der Waals surface area contributed by atoms with E-state index in [1.165, 1.54) is 6.26 Å². The number of morpholine rings is 1. The third-order valence-electron chi connectivity index (χ3n) is 5.03. The lowest BCUT2D eigenvalue weighted by atomic mass is 10.2. The molecule has 3 aromatic rings. The molecular weight excluding hydrogens is 356 g/mol. The van der Waals surface area contributed by atoms with Gasteiger partial charge in [-0.15, -0.1) is 0 Å². The van der Waals surface area contributed by atoms with Crippen molar-refractivity contribution in [3.63, 3.8) is 0 Å². The maximum Gasteiger partial charge on any atom is 0.291 e. The summed E-state index contributed by atoms with van der Waals surface area (Å²) in [6, 6.07) is 9.24. The Balaban J connectivity index is 1.59. The van der Waals surface area contributed by atoms with E-state index in [-0.39, 0.29) is 5.91 Å². The Morgan fingerprint density at radius 1 is 1.25 bits per heavy atom. The Hall–Kier alpha value is -2.64. The number of nitrogens with zero attached hydrogens (tertiary/aromatic N) is 3. The lowest BCUT2D eigenvalue weighted by Crippen LogP contribution is -2.36. The van der Waals surface area contributed by atoms with E-state index in [0.29, 0.717) is 11.4 Å². The van der Waals surface area contributed by atoms with E-state index in [0.717, 1.165) is 69.1 Å². The van der Waals surface area contributed by atoms with E-state index in [1.807, 2.05) is 18.2 Å². The first-order valence-electron chi connectivity index (χ1n) is 9.88. The molecule has 1 saturated heterocycles. The number of rotatable bonds is 7. The summed E-state index contributed by atoms with van der Waals surface area (Å²) in [4.78, 5) is 19.5. The van der Waals surface area contributed by atoms with Gasteiger partial charge in [0.2, 0.25) is 0 Å². The summed E-state index contributed by atoms with van der Waals surface area (Å²) in [7, 11) is 0. The maximum atomic E-state index is 12.2. The molecule has 1 aliphatic rings. The van der Waals surface area contributed by atoms with Crippen LogP contribution in [0.15, 0.2) is 41.0 Å². The number of aromatic nitrogens is 2. The van der Waals surface area contributed by atoms with Crippen LogP contribution in [0.5, 0.6) is 0 Å². The molecule has 0 aliphatic carbocycles. The van der Waals surface area contributed by atoms with Crippen LogP contribution in [0.1, 0.15) is 36.1 Å². The molecule has 3 heterocycles. The van der Waals surface area contributed by atoms with Gasteiger partial charge in [-0.2, -0.15) is 0 Å². The van der Waals surface area contributed by atoms with Gasteiger partial charge in [0.05, 0.1) is 37.1 Å². The highest BCUT2D eigenvalue weighted by atomic mass is 16.5. The number of ether oxygens (including phenoxy) is 1. The normalized spacial score (nSPS) is 15.2. The molecule has 4 rings (SSSR count). The van der Waals surface area contributed by atoms with Crippen LogP contribution in [-0.4, -0.2) is 46.7 Å². The molecule has 1 N–H and O–H groups in total. The zero-order chi connectivity index (χ0) is 19.3. The fourth-order valence-corrected chi connectivity index (χ4v) is 3.50. The van der Waals surface area contributed by atoms with Crippen molar-refractivity contribution in [3.05, 3.63) is 48.2 Å². The first-order valence-corrected chi connectivity index (χ1v) is 9.88. The second-order valence-electron chi connectivity index (χ2n) is 7.06. The number of hydrogen-bond acceptors (Lipinski definition) is 5. The van der Waals surface area contributed by atoms with Crippen LogP contribution in [0, 0.1) is 0 Å². The zero-order valence-corrected chi connectivity index (χ0v) is 16.2. The van der Waals surface area contributed by atoms with Crippen LogP contribution >= 0.6 is 0 Å². The Morgan fingerprint density at radius 2 is 2.11 bits per heavy atom. The van der Waals surface area contributed by atoms with E-state index in [1.54, 1.807) is 12.1 Å². The van der Waals surface area contributed by atoms with E-state index in [2.05, 4.69) is 21.7 Å². The molecule has 148 valence electrons. The van der Waals surface area contributed by atoms with Crippen molar-refractivity contribution in [2.24, 2.45) is 0 Å². The number of fused-ring (bicyclic) bond motifs is 1. The van der Waals surface area contributed by atoms with E-state index in [4.69, 9.17) is 14.1 Å². The predicted molar refractivity (Wildman–Crippen MR) is 107 cm³/mol. The van der Waals surface area contributed by atoms with Crippen molar-refractivity contribution >= 4 is 22.6 Å². The number of furan rings is 1. The van der Waals surface area contributed by atoms with Crippen molar-refractivity contribution < 1.29 is 13.9 Å². The van der Waals surface area contributed by atoms with Gasteiger partial charge in [-0.25, -0.2) is 4.98 Å². The molecule has 2 aromatic heterocycles. The van der Waals surface area contributed by atoms with Gasteiger partial charge in [0.25, 0.3) is 5.91 Å². The topological polar surface area (TPSA) is 72.5 Å². The zero-order valence-electron chi connectivity index (χ0n) is 16.2. The number of carbonyl (C=O) groups excluding carboxylic acids is 1. The van der Waals surface area contributed by atoms with Gasteiger partial charge in [0, 0.05) is 25.3 Å². The van der Waals surface area contributed by atoms with Crippen LogP contribution in [0.3, 0.4) is 0 Å². The van der Waals surface area contributed by atoms with Gasteiger partial charge in [-0.3, -0.25) is 9.69 Å². The van der Waals surface area contributed by atoms with Crippen LogP contribution < -0.4 is 5.32 Å². The van der Waals surface area contributed by atoms with Crippen LogP contribution in [0.4, 0.5) is 5.69 Å². The number of aryl methyl sites for hydroxylation is 1. The maximum absolute atomic E-state index is 12.2. The van der Waals surface area contributed by atoms with Crippen molar-refractivity contribution in [2.45, 2.75) is 32.9 Å². The highest BCUT2D eigenvalue weighted by Crippen LogP contribution is 2.23. The van der Waals surface area contributed by atoms with Gasteiger partial charge in [0.1, 0.15) is 5.82 Å². The highest BCUT2D eigenvalue weighted by Gasteiger charge is 2.17. The standard InChI is InChI=1S/C21H26N4O3/c1-2-3-8-25-18-7-6-16(22-21(26)19-5-4-11-28-19)14-17(18)23-20(25)15-24-9-12-27-13-10-24/h4-7,11,14H,2-3,8-10,12-13,15H2,1H3,(H,22,26). The monoisotopic (exact) mass is 382 g/mol. The van der Waals surface area contributed by atoms with Gasteiger partial charge in [0.15, 0.2) is 5.76 Å². The molecule has 0 saturated carbocycles. The summed E-state index contributed by atoms with van der Waals surface area (Å²) in [6.45, 7) is 7.38. The average Bonchev–Trinajstić information content (AvgIpc) is 3.35. The van der Waals surface area contributed by atoms with E-state index < -0.39 is 0 Å². The van der Waals surface area contributed by atoms with Crippen molar-refractivity contribution in [2.75, 3.05) is 31.6 Å². The number of unbranched alkanes of at least 4 members (excludes halogenated alkanes) is 1. The minimum Gasteiger partial charge on any atom is -0.459 e. The molecule has 0 atom stereocenters. The molecule has 0 unspecified atom stereocenters. The molecule has 1 aromatic carbocycles. The number of anilines is 1. The molecule has 7 heteroatoms. The molecule has 0 radical (unpaired) electrons. The summed E-state index contributed by atoms with van der Waals surface area (Å²) < 4.78 is 12.9. The first-order chi connectivity index (χ1) is 13.7. The SMILES string of the molecule is CCCCn1c(CN2CCOCC2)nc2cc(NC(=O)c3ccco3)ccc21. The van der Waals surface area contributed by atoms with Gasteiger partial charge < -0.3 is 19.0 Å². The molecule has 28 heavy (non-hydrogen) atoms. The van der Waals surface area contributed by atoms with Crippen molar-refractivity contribution in [3.8, 4) is 0 Å². The molecule has 7 nitrogen and oxygen atoms in total. The Morgan fingerprint density at radius 3 is 2.86 bits per heavy atom. The van der Waals surface area contributed by atoms with E-state index >= 15 is 0 Å².